The maximum Gasteiger partial charge on any atom is -0.00201 e. The molecule has 0 radical (unpaired) electrons. The molecule has 12 aromatic carbocycles. The molecule has 62 heavy (non-hydrogen) atoms. The topological polar surface area (TPSA) is 0 Å². The van der Waals surface area contributed by atoms with Crippen molar-refractivity contribution in [2.75, 3.05) is 0 Å². The fraction of sp³-hybridized carbons (Fsp3) is 0. The molecule has 0 heteroatoms. The highest BCUT2D eigenvalue weighted by molar-refractivity contribution is 6.24. The summed E-state index contributed by atoms with van der Waals surface area (Å²) in [6.45, 7) is 0. The van der Waals surface area contributed by atoms with Crippen LogP contribution in [0.25, 0.3) is 121 Å². The summed E-state index contributed by atoms with van der Waals surface area (Å²) in [5.74, 6) is 0. The lowest BCUT2D eigenvalue weighted by Gasteiger charge is -2.20. The summed E-state index contributed by atoms with van der Waals surface area (Å²) in [7, 11) is 0. The van der Waals surface area contributed by atoms with Crippen LogP contribution in [-0.2, 0) is 0 Å². The molecule has 0 fully saturated rings. The Morgan fingerprint density at radius 1 is 0.177 bits per heavy atom. The summed E-state index contributed by atoms with van der Waals surface area (Å²) in [6.07, 6.45) is 0. The predicted octanol–water partition coefficient (Wildman–Crippen LogP) is 17.5. The molecule has 0 atom stereocenters. The Morgan fingerprint density at radius 2 is 0.597 bits per heavy atom. The van der Waals surface area contributed by atoms with E-state index >= 15 is 0 Å². The smallest absolute Gasteiger partial charge is 0.00201 e. The van der Waals surface area contributed by atoms with Gasteiger partial charge in [0.15, 0.2) is 0 Å². The van der Waals surface area contributed by atoms with Gasteiger partial charge >= 0.3 is 0 Å². The molecular weight excluding hydrogens is 745 g/mol. The molecule has 0 unspecified atom stereocenters. The third-order valence-corrected chi connectivity index (χ3v) is 12.9. The second-order valence-corrected chi connectivity index (χ2v) is 16.3. The van der Waals surface area contributed by atoms with Crippen molar-refractivity contribution in [2.24, 2.45) is 0 Å². The van der Waals surface area contributed by atoms with Gasteiger partial charge in [0.1, 0.15) is 0 Å². The first-order chi connectivity index (χ1) is 30.8. The molecule has 0 amide bonds. The monoisotopic (exact) mass is 784 g/mol. The van der Waals surface area contributed by atoms with Crippen molar-refractivity contribution in [2.45, 2.75) is 0 Å². The number of benzene rings is 12. The third kappa shape index (κ3) is 5.92. The largest absolute Gasteiger partial charge is 0.0622 e. The van der Waals surface area contributed by atoms with Gasteiger partial charge in [0, 0.05) is 0 Å². The van der Waals surface area contributed by atoms with Crippen molar-refractivity contribution in [3.63, 3.8) is 0 Å². The zero-order chi connectivity index (χ0) is 41.0. The van der Waals surface area contributed by atoms with Crippen LogP contribution in [0.3, 0.4) is 0 Å². The van der Waals surface area contributed by atoms with Crippen LogP contribution < -0.4 is 0 Å². The van der Waals surface area contributed by atoms with E-state index in [0.717, 1.165) is 0 Å². The minimum Gasteiger partial charge on any atom is -0.0622 e. The maximum absolute atomic E-state index is 2.39. The fourth-order valence-electron chi connectivity index (χ4n) is 10.1. The quantitative estimate of drug-likeness (QED) is 0.147. The lowest BCUT2D eigenvalue weighted by molar-refractivity contribution is 1.60. The summed E-state index contributed by atoms with van der Waals surface area (Å²) >= 11 is 0. The molecule has 12 aromatic rings. The van der Waals surface area contributed by atoms with Crippen LogP contribution in [0, 0.1) is 0 Å². The SMILES string of the molecule is c1ccc(-c2ccc(-c3ccccc3)c3c(-c4cccc(-c5ccc(-c6c7ccccc7c(-c7ccc8ccccc8c7)c7ccccc67)c6ccccc56)c4)cccc23)cc1. The predicted molar refractivity (Wildman–Crippen MR) is 267 cm³/mol. The van der Waals surface area contributed by atoms with E-state index in [1.165, 1.54) is 121 Å². The van der Waals surface area contributed by atoms with Gasteiger partial charge < -0.3 is 0 Å². The highest BCUT2D eigenvalue weighted by atomic mass is 14.2. The minimum absolute atomic E-state index is 1.20. The molecular formula is C62H40. The van der Waals surface area contributed by atoms with E-state index in [-0.39, 0.29) is 0 Å². The average Bonchev–Trinajstić information content (AvgIpc) is 3.35. The highest BCUT2D eigenvalue weighted by Crippen LogP contribution is 2.47. The number of rotatable bonds is 6. The van der Waals surface area contributed by atoms with Crippen LogP contribution in [0.15, 0.2) is 243 Å². The zero-order valence-corrected chi connectivity index (χ0v) is 34.1. The van der Waals surface area contributed by atoms with E-state index in [4.69, 9.17) is 0 Å². The Kier molecular flexibility index (Phi) is 8.61. The molecule has 0 aliphatic heterocycles. The Hall–Kier alpha value is -8.06. The highest BCUT2D eigenvalue weighted by Gasteiger charge is 2.20. The molecule has 288 valence electrons. The molecule has 0 saturated carbocycles. The molecule has 0 nitrogen and oxygen atoms in total. The first-order valence-corrected chi connectivity index (χ1v) is 21.5. The average molecular weight is 785 g/mol. The molecule has 0 heterocycles. The number of hydrogen-bond acceptors (Lipinski definition) is 0. The van der Waals surface area contributed by atoms with Gasteiger partial charge in [-0.15, -0.1) is 0 Å². The van der Waals surface area contributed by atoms with Gasteiger partial charge in [0.2, 0.25) is 0 Å². The van der Waals surface area contributed by atoms with E-state index < -0.39 is 0 Å². The summed E-state index contributed by atoms with van der Waals surface area (Å²) in [5.41, 5.74) is 14.8. The van der Waals surface area contributed by atoms with Gasteiger partial charge in [-0.05, 0) is 133 Å². The standard InChI is InChI=1S/C62H40/c1-3-18-42(19-4-1)48-35-37-51(43-20-5-2-6-21-43)61-50(31-16-32-54(48)61)46-24-15-23-45(40-46)49-36-38-59(53-26-10-9-25-52(49)53)62-57-29-13-11-27-55(57)60(56-28-12-14-30-58(56)62)47-34-33-41-17-7-8-22-44(41)39-47/h1-40H. The summed E-state index contributed by atoms with van der Waals surface area (Å²) in [5, 5.41) is 12.5. The third-order valence-electron chi connectivity index (χ3n) is 12.9. The van der Waals surface area contributed by atoms with E-state index in [1.807, 2.05) is 0 Å². The van der Waals surface area contributed by atoms with Crippen molar-refractivity contribution in [3.8, 4) is 66.8 Å². The fourth-order valence-corrected chi connectivity index (χ4v) is 10.1. The van der Waals surface area contributed by atoms with E-state index in [1.54, 1.807) is 0 Å². The lowest BCUT2D eigenvalue weighted by atomic mass is 9.83. The molecule has 12 rings (SSSR count). The lowest BCUT2D eigenvalue weighted by Crippen LogP contribution is -1.93. The summed E-state index contributed by atoms with van der Waals surface area (Å²) < 4.78 is 0. The van der Waals surface area contributed by atoms with Gasteiger partial charge in [0.05, 0.1) is 0 Å². The molecule has 0 saturated heterocycles. The van der Waals surface area contributed by atoms with Gasteiger partial charge in [-0.2, -0.15) is 0 Å². The van der Waals surface area contributed by atoms with Gasteiger partial charge in [-0.25, -0.2) is 0 Å². The molecule has 0 N–H and O–H groups in total. The maximum atomic E-state index is 2.39. The van der Waals surface area contributed by atoms with Crippen molar-refractivity contribution >= 4 is 53.9 Å². The molecule has 0 bridgehead atoms. The van der Waals surface area contributed by atoms with Crippen LogP contribution in [0.4, 0.5) is 0 Å². The Labute approximate surface area is 361 Å². The molecule has 0 aromatic heterocycles. The normalized spacial score (nSPS) is 11.5. The van der Waals surface area contributed by atoms with Crippen molar-refractivity contribution in [1.29, 1.82) is 0 Å². The van der Waals surface area contributed by atoms with Crippen LogP contribution >= 0.6 is 0 Å². The van der Waals surface area contributed by atoms with Crippen LogP contribution in [0.5, 0.6) is 0 Å². The summed E-state index contributed by atoms with van der Waals surface area (Å²) in [6, 6.07) is 89.3. The number of fused-ring (bicyclic) bond motifs is 5. The van der Waals surface area contributed by atoms with Crippen molar-refractivity contribution in [3.05, 3.63) is 243 Å². The van der Waals surface area contributed by atoms with Gasteiger partial charge in [-0.3, -0.25) is 0 Å². The van der Waals surface area contributed by atoms with Crippen LogP contribution in [0.1, 0.15) is 0 Å². The first-order valence-electron chi connectivity index (χ1n) is 21.5. The molecule has 0 aliphatic rings. The zero-order valence-electron chi connectivity index (χ0n) is 34.1. The molecule has 0 aliphatic carbocycles. The van der Waals surface area contributed by atoms with Crippen molar-refractivity contribution < 1.29 is 0 Å². The minimum atomic E-state index is 1.20. The Bertz CT molecular complexity index is 3610. The Balaban J connectivity index is 1.05. The summed E-state index contributed by atoms with van der Waals surface area (Å²) in [4.78, 5) is 0. The van der Waals surface area contributed by atoms with Crippen molar-refractivity contribution in [1.82, 2.24) is 0 Å². The van der Waals surface area contributed by atoms with E-state index in [9.17, 15) is 0 Å². The van der Waals surface area contributed by atoms with E-state index in [0.29, 0.717) is 0 Å². The van der Waals surface area contributed by atoms with Gasteiger partial charge in [0.25, 0.3) is 0 Å². The first kappa shape index (κ1) is 35.8. The Morgan fingerprint density at radius 3 is 1.26 bits per heavy atom. The second-order valence-electron chi connectivity index (χ2n) is 16.3. The second kappa shape index (κ2) is 14.9. The number of hydrogen-bond donors (Lipinski definition) is 0. The van der Waals surface area contributed by atoms with Gasteiger partial charge in [-0.1, -0.05) is 231 Å². The van der Waals surface area contributed by atoms with Crippen LogP contribution in [-0.4, -0.2) is 0 Å². The van der Waals surface area contributed by atoms with E-state index in [2.05, 4.69) is 243 Å². The molecule has 0 spiro atoms. The van der Waals surface area contributed by atoms with Crippen LogP contribution in [0.2, 0.25) is 0 Å².